The van der Waals surface area contributed by atoms with Crippen molar-refractivity contribution in [3.8, 4) is 39.8 Å². The molecule has 10 aromatic rings. The second-order valence-corrected chi connectivity index (χ2v) is 23.4. The minimum atomic E-state index is -0.00929. The molecule has 0 radical (unpaired) electrons. The van der Waals surface area contributed by atoms with Gasteiger partial charge >= 0.3 is 0 Å². The van der Waals surface area contributed by atoms with Gasteiger partial charge in [0, 0.05) is 88.8 Å². The van der Waals surface area contributed by atoms with Crippen molar-refractivity contribution in [3.05, 3.63) is 225 Å². The average Bonchev–Trinajstić information content (AvgIpc) is 4.09. The first-order valence-electron chi connectivity index (χ1n) is 26.2. The Kier molecular flexibility index (Phi) is 16.5. The van der Waals surface area contributed by atoms with Gasteiger partial charge in [0.15, 0.2) is 0 Å². The summed E-state index contributed by atoms with van der Waals surface area (Å²) in [5.74, 6) is 1.79. The topological polar surface area (TPSA) is 107 Å². The Hall–Kier alpha value is -7.01. The normalized spacial score (nSPS) is 14.5. The number of benzene rings is 6. The van der Waals surface area contributed by atoms with E-state index < -0.39 is 0 Å². The molecule has 2 aliphatic heterocycles. The third kappa shape index (κ3) is 11.7. The molecule has 0 spiro atoms. The number of aromatic nitrogens is 4. The summed E-state index contributed by atoms with van der Waals surface area (Å²) in [5, 5.41) is 24.0. The van der Waals surface area contributed by atoms with E-state index >= 15 is 0 Å². The van der Waals surface area contributed by atoms with Gasteiger partial charge in [-0.1, -0.05) is 134 Å². The van der Waals surface area contributed by atoms with Crippen molar-refractivity contribution in [1.82, 2.24) is 19.1 Å². The summed E-state index contributed by atoms with van der Waals surface area (Å²) in [6, 6.07) is 55.3. The van der Waals surface area contributed by atoms with Crippen molar-refractivity contribution in [2.45, 2.75) is 92.9 Å². The van der Waals surface area contributed by atoms with Crippen LogP contribution in [0.5, 0.6) is 11.5 Å². The standard InChI is InChI=1S/C34H30ClN3O2S.C31H27ClN2O2S/c1-23-18-29-32(40-21-28-13-10-26(19-37-28)25-6-3-2-4-7-25)15-14-30-33(29)34(41-23)31(22-39-17-5-16-36)38(30)20-24-8-11-27(35)12-9-24;1-20-15-26-29(36-19-25-12-9-23(16-33-25)22-5-3-2-4-6-22)14-13-27-30(26)31(37-20)28(18-35)34(27)17-21-7-10-24(32)11-8-21/h2-4,6-15,19,23H,5,17-18,20-22H2,1H3;2-14,16,20,35H,15,17-19H2,1H3. The third-order valence-corrected chi connectivity index (χ3v) is 17.2. The molecule has 2 unspecified atom stereocenters. The van der Waals surface area contributed by atoms with Crippen LogP contribution >= 0.6 is 46.7 Å². The number of nitrogens with zero attached hydrogens (tertiary/aromatic N) is 5. The van der Waals surface area contributed by atoms with Gasteiger partial charge in [0.2, 0.25) is 0 Å². The van der Waals surface area contributed by atoms with Crippen LogP contribution < -0.4 is 9.47 Å². The molecule has 9 nitrogen and oxygen atoms in total. The van der Waals surface area contributed by atoms with Gasteiger partial charge in [-0.05, 0) is 95.8 Å². The van der Waals surface area contributed by atoms with E-state index in [1.165, 1.54) is 37.9 Å². The number of nitriles is 1. The number of rotatable bonds is 17. The van der Waals surface area contributed by atoms with Crippen molar-refractivity contribution < 1.29 is 19.3 Å². The summed E-state index contributed by atoms with van der Waals surface area (Å²) in [4.78, 5) is 11.7. The lowest BCUT2D eigenvalue weighted by molar-refractivity contribution is 0.120. The van der Waals surface area contributed by atoms with Crippen LogP contribution in [0, 0.1) is 11.3 Å². The van der Waals surface area contributed by atoms with Crippen LogP contribution in [0.3, 0.4) is 0 Å². The number of ether oxygens (including phenoxy) is 3. The van der Waals surface area contributed by atoms with Crippen molar-refractivity contribution >= 4 is 68.5 Å². The van der Waals surface area contributed by atoms with E-state index in [2.05, 4.69) is 112 Å². The Morgan fingerprint density at radius 2 is 1.03 bits per heavy atom. The highest BCUT2D eigenvalue weighted by Gasteiger charge is 2.30. The van der Waals surface area contributed by atoms with Gasteiger partial charge in [-0.25, -0.2) is 0 Å². The van der Waals surface area contributed by atoms with E-state index in [9.17, 15) is 5.11 Å². The minimum Gasteiger partial charge on any atom is -0.487 e. The Morgan fingerprint density at radius 3 is 1.46 bits per heavy atom. The number of pyridine rings is 2. The summed E-state index contributed by atoms with van der Waals surface area (Å²) in [7, 11) is 0. The van der Waals surface area contributed by atoms with Gasteiger partial charge in [-0.3, -0.25) is 9.97 Å². The van der Waals surface area contributed by atoms with Gasteiger partial charge in [0.05, 0.1) is 66.1 Å². The van der Waals surface area contributed by atoms with Gasteiger partial charge < -0.3 is 28.5 Å². The zero-order valence-corrected chi connectivity index (χ0v) is 46.5. The molecule has 2 atom stereocenters. The van der Waals surface area contributed by atoms with E-state index in [0.717, 1.165) is 95.4 Å². The van der Waals surface area contributed by atoms with Crippen molar-refractivity contribution in [1.29, 1.82) is 5.26 Å². The van der Waals surface area contributed by atoms with Gasteiger partial charge in [-0.2, -0.15) is 5.26 Å². The highest BCUT2D eigenvalue weighted by Crippen LogP contribution is 2.49. The highest BCUT2D eigenvalue weighted by atomic mass is 35.5. The van der Waals surface area contributed by atoms with Crippen molar-refractivity contribution in [2.75, 3.05) is 6.61 Å². The molecule has 0 saturated carbocycles. The first-order chi connectivity index (χ1) is 38.2. The molecule has 13 heteroatoms. The second kappa shape index (κ2) is 24.3. The zero-order chi connectivity index (χ0) is 53.5. The molecular weight excluding hydrogens is 1050 g/mol. The van der Waals surface area contributed by atoms with E-state index in [-0.39, 0.29) is 6.61 Å². The van der Waals surface area contributed by atoms with Crippen LogP contribution in [0.1, 0.15) is 65.3 Å². The van der Waals surface area contributed by atoms with Crippen LogP contribution in [0.4, 0.5) is 0 Å². The summed E-state index contributed by atoms with van der Waals surface area (Å²) in [5.41, 5.74) is 15.4. The van der Waals surface area contributed by atoms with E-state index in [1.54, 1.807) is 0 Å². The van der Waals surface area contributed by atoms with Gasteiger partial charge in [0.1, 0.15) is 24.7 Å². The fourth-order valence-corrected chi connectivity index (χ4v) is 13.3. The molecule has 0 fully saturated rings. The SMILES string of the molecule is CC1Cc2c(OCc3ccc(-c4ccccc4)cn3)ccc3c2c(c(CO)n3Cc2ccc(Cl)cc2)S1.CC1Cc2c(OCc3ccc(-c4ccccc4)cn3)ccc3c2c(c(COCCC#N)n3Cc2ccc(Cl)cc2)S1. The Morgan fingerprint density at radius 1 is 0.564 bits per heavy atom. The monoisotopic (exact) mass is 1110 g/mol. The molecule has 4 aromatic heterocycles. The first-order valence-corrected chi connectivity index (χ1v) is 28.7. The number of aliphatic hydroxyl groups is 1. The highest BCUT2D eigenvalue weighted by molar-refractivity contribution is 8.00. The lowest BCUT2D eigenvalue weighted by Gasteiger charge is -2.22. The molecule has 2 aliphatic rings. The molecule has 392 valence electrons. The summed E-state index contributed by atoms with van der Waals surface area (Å²) in [6.45, 7) is 7.54. The average molecular weight is 1110 g/mol. The predicted molar refractivity (Wildman–Crippen MR) is 317 cm³/mol. The maximum absolute atomic E-state index is 10.4. The van der Waals surface area contributed by atoms with E-state index in [4.69, 9.17) is 42.7 Å². The lowest BCUT2D eigenvalue weighted by atomic mass is 10.0. The molecule has 0 saturated heterocycles. The van der Waals surface area contributed by atoms with Gasteiger partial charge in [-0.15, -0.1) is 23.5 Å². The molecule has 0 bridgehead atoms. The molecule has 1 N–H and O–H groups in total. The maximum atomic E-state index is 10.4. The van der Waals surface area contributed by atoms with Gasteiger partial charge in [0.25, 0.3) is 0 Å². The number of aliphatic hydroxyl groups excluding tert-OH is 1. The Labute approximate surface area is 473 Å². The summed E-state index contributed by atoms with van der Waals surface area (Å²) < 4.78 is 23.4. The van der Waals surface area contributed by atoms with Crippen LogP contribution in [-0.2, 0) is 57.1 Å². The molecule has 0 amide bonds. The smallest absolute Gasteiger partial charge is 0.130 e. The van der Waals surface area contributed by atoms with Crippen molar-refractivity contribution in [2.24, 2.45) is 0 Å². The fourth-order valence-electron chi connectivity index (χ4n) is 10.4. The van der Waals surface area contributed by atoms with Crippen LogP contribution in [0.2, 0.25) is 10.0 Å². The molecular formula is C65H57Cl2N5O4S2. The van der Waals surface area contributed by atoms with E-state index in [0.29, 0.717) is 56.4 Å². The minimum absolute atomic E-state index is 0.00929. The second-order valence-electron chi connectivity index (χ2n) is 19.6. The van der Waals surface area contributed by atoms with Crippen molar-refractivity contribution in [3.63, 3.8) is 0 Å². The number of hydrogen-bond donors (Lipinski definition) is 1. The Balaban J connectivity index is 0.000000166. The number of thioether (sulfide) groups is 2. The quantitative estimate of drug-likeness (QED) is 0.0892. The van der Waals surface area contributed by atoms with E-state index in [1.807, 2.05) is 121 Å². The third-order valence-electron chi connectivity index (χ3n) is 14.2. The molecule has 6 heterocycles. The number of hydrogen-bond acceptors (Lipinski definition) is 9. The number of halogens is 2. The molecule has 0 aliphatic carbocycles. The zero-order valence-electron chi connectivity index (χ0n) is 43.4. The predicted octanol–water partition coefficient (Wildman–Crippen LogP) is 16.0. The fraction of sp³-hybridized carbons (Fsp3) is 0.215. The molecule has 78 heavy (non-hydrogen) atoms. The Bertz CT molecular complexity index is 3740. The van der Waals surface area contributed by atoms with Crippen LogP contribution in [-0.4, -0.2) is 41.3 Å². The summed E-state index contributed by atoms with van der Waals surface area (Å²) in [6.07, 6.45) is 6.03. The lowest BCUT2D eigenvalue weighted by Crippen LogP contribution is -2.10. The molecule has 6 aromatic carbocycles. The summed E-state index contributed by atoms with van der Waals surface area (Å²) >= 11 is 16.0. The van der Waals surface area contributed by atoms with Crippen LogP contribution in [0.25, 0.3) is 44.1 Å². The van der Waals surface area contributed by atoms with Crippen LogP contribution in [0.15, 0.2) is 180 Å². The largest absolute Gasteiger partial charge is 0.487 e. The molecule has 12 rings (SSSR count). The first kappa shape index (κ1) is 53.0. The maximum Gasteiger partial charge on any atom is 0.130 e.